The zero-order valence-corrected chi connectivity index (χ0v) is 23.8. The van der Waals surface area contributed by atoms with Gasteiger partial charge in [0, 0.05) is 17.6 Å². The fraction of sp³-hybridized carbons (Fsp3) is 0.286. The molecule has 2 amide bonds. The topological polar surface area (TPSA) is 86.8 Å². The van der Waals surface area contributed by atoms with Crippen LogP contribution in [-0.4, -0.2) is 44.3 Å². The molecule has 0 saturated heterocycles. The smallest absolute Gasteiger partial charge is 0.264 e. The van der Waals surface area contributed by atoms with E-state index in [9.17, 15) is 18.0 Å². The number of carbonyl (C=O) groups is 2. The number of hydrogen-bond donors (Lipinski definition) is 1. The number of halogens is 1. The Morgan fingerprint density at radius 1 is 0.946 bits per heavy atom. The van der Waals surface area contributed by atoms with Crippen LogP contribution in [0.25, 0.3) is 0 Å². The van der Waals surface area contributed by atoms with Crippen molar-refractivity contribution < 1.29 is 18.0 Å². The second-order valence-electron chi connectivity index (χ2n) is 8.82. The highest BCUT2D eigenvalue weighted by Crippen LogP contribution is 2.26. The summed E-state index contributed by atoms with van der Waals surface area (Å²) in [6, 6.07) is 19.9. The number of likely N-dealkylation sites (N-methyl/N-ethyl adjacent to an activating group) is 1. The van der Waals surface area contributed by atoms with Crippen LogP contribution < -0.4 is 9.62 Å². The van der Waals surface area contributed by atoms with Crippen LogP contribution in [0.3, 0.4) is 0 Å². The predicted octanol–water partition coefficient (Wildman–Crippen LogP) is 4.81. The van der Waals surface area contributed by atoms with Gasteiger partial charge in [0.1, 0.15) is 12.6 Å². The molecular formula is C28H32BrN3O4S. The molecule has 37 heavy (non-hydrogen) atoms. The second-order valence-corrected chi connectivity index (χ2v) is 11.6. The quantitative estimate of drug-likeness (QED) is 0.370. The first-order valence-corrected chi connectivity index (χ1v) is 14.2. The molecule has 0 aromatic heterocycles. The van der Waals surface area contributed by atoms with Crippen molar-refractivity contribution in [2.24, 2.45) is 0 Å². The third-order valence-electron chi connectivity index (χ3n) is 6.15. The van der Waals surface area contributed by atoms with Crippen LogP contribution in [-0.2, 0) is 26.2 Å². The zero-order valence-electron chi connectivity index (χ0n) is 21.4. The molecule has 0 saturated carbocycles. The molecule has 196 valence electrons. The predicted molar refractivity (Wildman–Crippen MR) is 150 cm³/mol. The summed E-state index contributed by atoms with van der Waals surface area (Å²) in [7, 11) is -4.07. The molecule has 9 heteroatoms. The van der Waals surface area contributed by atoms with Gasteiger partial charge in [-0.1, -0.05) is 52.3 Å². The monoisotopic (exact) mass is 585 g/mol. The largest absolute Gasteiger partial charge is 0.355 e. The standard InChI is InChI=1S/C28H32BrN3O4S/c1-5-30-28(34)22(4)31(18-23-10-9-11-24(29)17-23)27(33)19-32(25-15-14-20(2)21(3)16-25)37(35,36)26-12-7-6-8-13-26/h6-17,22H,5,18-19H2,1-4H3,(H,30,34)/t22-/m0/s1. The molecule has 0 heterocycles. The Morgan fingerprint density at radius 2 is 1.65 bits per heavy atom. The van der Waals surface area contributed by atoms with E-state index < -0.39 is 28.5 Å². The van der Waals surface area contributed by atoms with Gasteiger partial charge in [0.2, 0.25) is 11.8 Å². The van der Waals surface area contributed by atoms with Crippen molar-refractivity contribution in [2.75, 3.05) is 17.4 Å². The number of sulfonamides is 1. The first kappa shape index (κ1) is 28.4. The van der Waals surface area contributed by atoms with Gasteiger partial charge in [0.25, 0.3) is 10.0 Å². The van der Waals surface area contributed by atoms with E-state index in [0.717, 1.165) is 25.5 Å². The molecule has 7 nitrogen and oxygen atoms in total. The van der Waals surface area contributed by atoms with Crippen molar-refractivity contribution in [1.29, 1.82) is 0 Å². The van der Waals surface area contributed by atoms with Crippen LogP contribution in [0.1, 0.15) is 30.5 Å². The number of aryl methyl sites for hydroxylation is 2. The SMILES string of the molecule is CCNC(=O)[C@H](C)N(Cc1cccc(Br)c1)C(=O)CN(c1ccc(C)c(C)c1)S(=O)(=O)c1ccccc1. The van der Waals surface area contributed by atoms with E-state index in [1.54, 1.807) is 44.2 Å². The van der Waals surface area contributed by atoms with Gasteiger partial charge in [-0.2, -0.15) is 0 Å². The van der Waals surface area contributed by atoms with E-state index in [2.05, 4.69) is 21.2 Å². The van der Waals surface area contributed by atoms with E-state index in [0.29, 0.717) is 12.2 Å². The van der Waals surface area contributed by atoms with Crippen LogP contribution in [0.4, 0.5) is 5.69 Å². The molecule has 0 fully saturated rings. The van der Waals surface area contributed by atoms with E-state index in [4.69, 9.17) is 0 Å². The van der Waals surface area contributed by atoms with E-state index in [1.165, 1.54) is 17.0 Å². The zero-order chi connectivity index (χ0) is 27.2. The number of carbonyl (C=O) groups excluding carboxylic acids is 2. The van der Waals surface area contributed by atoms with E-state index >= 15 is 0 Å². The molecule has 0 radical (unpaired) electrons. The highest BCUT2D eigenvalue weighted by molar-refractivity contribution is 9.10. The Bertz CT molecular complexity index is 1360. The molecular weight excluding hydrogens is 554 g/mol. The molecule has 3 rings (SSSR count). The van der Waals surface area contributed by atoms with Gasteiger partial charge < -0.3 is 10.2 Å². The lowest BCUT2D eigenvalue weighted by atomic mass is 10.1. The number of benzene rings is 3. The van der Waals surface area contributed by atoms with Crippen molar-refractivity contribution in [2.45, 2.75) is 45.2 Å². The lowest BCUT2D eigenvalue weighted by Gasteiger charge is -2.32. The van der Waals surface area contributed by atoms with E-state index in [-0.39, 0.29) is 17.3 Å². The third-order valence-corrected chi connectivity index (χ3v) is 8.43. The third kappa shape index (κ3) is 6.99. The maximum atomic E-state index is 13.8. The van der Waals surface area contributed by atoms with Gasteiger partial charge in [-0.15, -0.1) is 0 Å². The molecule has 0 spiro atoms. The lowest BCUT2D eigenvalue weighted by molar-refractivity contribution is -0.139. The average molecular weight is 587 g/mol. The van der Waals surface area contributed by atoms with Gasteiger partial charge in [0.15, 0.2) is 0 Å². The van der Waals surface area contributed by atoms with E-state index in [1.807, 2.05) is 44.2 Å². The van der Waals surface area contributed by atoms with Crippen molar-refractivity contribution >= 4 is 43.5 Å². The number of nitrogens with one attached hydrogen (secondary N) is 1. The minimum atomic E-state index is -4.07. The molecule has 1 atom stereocenters. The molecule has 0 aliphatic carbocycles. The highest BCUT2D eigenvalue weighted by Gasteiger charge is 2.32. The molecule has 3 aromatic carbocycles. The fourth-order valence-electron chi connectivity index (χ4n) is 3.87. The average Bonchev–Trinajstić information content (AvgIpc) is 2.87. The van der Waals surface area contributed by atoms with Gasteiger partial charge in [0.05, 0.1) is 10.6 Å². The molecule has 0 unspecified atom stereocenters. The normalized spacial score (nSPS) is 12.0. The summed E-state index contributed by atoms with van der Waals surface area (Å²) >= 11 is 3.45. The molecule has 0 aliphatic heterocycles. The van der Waals surface area contributed by atoms with Crippen molar-refractivity contribution in [3.63, 3.8) is 0 Å². The Balaban J connectivity index is 2.04. The van der Waals surface area contributed by atoms with Gasteiger partial charge >= 0.3 is 0 Å². The fourth-order valence-corrected chi connectivity index (χ4v) is 5.74. The molecule has 1 N–H and O–H groups in total. The van der Waals surface area contributed by atoms with Crippen molar-refractivity contribution in [3.05, 3.63) is 94.0 Å². The van der Waals surface area contributed by atoms with Crippen molar-refractivity contribution in [3.8, 4) is 0 Å². The first-order valence-electron chi connectivity index (χ1n) is 12.0. The molecule has 3 aromatic rings. The van der Waals surface area contributed by atoms with Crippen LogP contribution in [0.5, 0.6) is 0 Å². The Labute approximate surface area is 227 Å². The van der Waals surface area contributed by atoms with Crippen LogP contribution in [0.2, 0.25) is 0 Å². The van der Waals surface area contributed by atoms with Crippen LogP contribution in [0.15, 0.2) is 82.2 Å². The summed E-state index contributed by atoms with van der Waals surface area (Å²) in [5, 5.41) is 2.76. The number of anilines is 1. The minimum Gasteiger partial charge on any atom is -0.355 e. The summed E-state index contributed by atoms with van der Waals surface area (Å²) < 4.78 is 29.5. The number of hydrogen-bond acceptors (Lipinski definition) is 4. The number of nitrogens with zero attached hydrogens (tertiary/aromatic N) is 2. The van der Waals surface area contributed by atoms with Crippen LogP contribution >= 0.6 is 15.9 Å². The summed E-state index contributed by atoms with van der Waals surface area (Å²) in [5.41, 5.74) is 3.10. The molecule has 0 aliphatic rings. The van der Waals surface area contributed by atoms with Crippen LogP contribution in [0, 0.1) is 13.8 Å². The van der Waals surface area contributed by atoms with Gasteiger partial charge in [-0.3, -0.25) is 13.9 Å². The Hall–Kier alpha value is -3.17. The minimum absolute atomic E-state index is 0.0799. The maximum absolute atomic E-state index is 13.8. The summed E-state index contributed by atoms with van der Waals surface area (Å²) in [4.78, 5) is 28.1. The Morgan fingerprint density at radius 3 is 2.27 bits per heavy atom. The highest BCUT2D eigenvalue weighted by atomic mass is 79.9. The second kappa shape index (κ2) is 12.4. The van der Waals surface area contributed by atoms with Gasteiger partial charge in [-0.05, 0) is 80.8 Å². The maximum Gasteiger partial charge on any atom is 0.264 e. The lowest BCUT2D eigenvalue weighted by Crippen LogP contribution is -2.51. The summed E-state index contributed by atoms with van der Waals surface area (Å²) in [6.45, 7) is 7.38. The first-order chi connectivity index (χ1) is 17.5. The van der Waals surface area contributed by atoms with Crippen molar-refractivity contribution in [1.82, 2.24) is 10.2 Å². The number of amides is 2. The Kier molecular flexibility index (Phi) is 9.50. The number of rotatable bonds is 10. The summed E-state index contributed by atoms with van der Waals surface area (Å²) in [6.07, 6.45) is 0. The molecule has 0 bridgehead atoms. The summed E-state index contributed by atoms with van der Waals surface area (Å²) in [5.74, 6) is -0.800. The van der Waals surface area contributed by atoms with Gasteiger partial charge in [-0.25, -0.2) is 8.42 Å².